The van der Waals surface area contributed by atoms with Crippen LogP contribution in [0.25, 0.3) is 21.5 Å². The summed E-state index contributed by atoms with van der Waals surface area (Å²) in [4.78, 5) is 25.3. The highest BCUT2D eigenvalue weighted by atomic mass is 32.2. The van der Waals surface area contributed by atoms with Gasteiger partial charge in [0.2, 0.25) is 0 Å². The van der Waals surface area contributed by atoms with Crippen LogP contribution in [0.2, 0.25) is 0 Å². The zero-order chi connectivity index (χ0) is 23.3. The Morgan fingerprint density at radius 1 is 0.606 bits per heavy atom. The minimum absolute atomic E-state index is 0.0483. The standard InChI is InChI=1S/C29H28O2S2/c1-29(2,32-17-15-27(30)25-13-11-21-7-3-5-9-23(21)19-25)33-18-16-28(31)26-14-12-22-8-4-6-10-24(22)20-26/h3-14,19-20H,15-18H2,1-2H3. The van der Waals surface area contributed by atoms with Gasteiger partial charge in [-0.25, -0.2) is 0 Å². The molecule has 0 aliphatic heterocycles. The minimum Gasteiger partial charge on any atom is -0.294 e. The number of carbonyl (C=O) groups is 2. The fraction of sp³-hybridized carbons (Fsp3) is 0.241. The molecule has 0 unspecified atom stereocenters. The average molecular weight is 473 g/mol. The molecule has 0 radical (unpaired) electrons. The molecular formula is C29H28O2S2. The monoisotopic (exact) mass is 472 g/mol. The van der Waals surface area contributed by atoms with E-state index in [1.54, 1.807) is 23.5 Å². The smallest absolute Gasteiger partial charge is 0.163 e. The zero-order valence-corrected chi connectivity index (χ0v) is 20.7. The van der Waals surface area contributed by atoms with Gasteiger partial charge < -0.3 is 0 Å². The molecule has 0 saturated heterocycles. The van der Waals surface area contributed by atoms with Gasteiger partial charge in [-0.15, -0.1) is 23.5 Å². The van der Waals surface area contributed by atoms with Crippen LogP contribution in [0, 0.1) is 0 Å². The first-order valence-corrected chi connectivity index (χ1v) is 13.2. The van der Waals surface area contributed by atoms with Crippen molar-refractivity contribution in [2.45, 2.75) is 30.8 Å². The second-order valence-corrected chi connectivity index (χ2v) is 12.3. The Bertz CT molecular complexity index is 1190. The Hall–Kier alpha value is -2.56. The maximum absolute atomic E-state index is 12.7. The van der Waals surface area contributed by atoms with Gasteiger partial charge in [-0.05, 0) is 47.5 Å². The number of Topliss-reactive ketones (excluding diaryl/α,β-unsaturated/α-hetero) is 2. The van der Waals surface area contributed by atoms with Crippen LogP contribution in [-0.4, -0.2) is 27.2 Å². The SMILES string of the molecule is CC(C)(SCCC(=O)c1ccc2ccccc2c1)SCCC(=O)c1ccc2ccccc2c1. The minimum atomic E-state index is -0.0483. The fourth-order valence-electron chi connectivity index (χ4n) is 3.83. The van der Waals surface area contributed by atoms with Crippen LogP contribution in [0.4, 0.5) is 0 Å². The summed E-state index contributed by atoms with van der Waals surface area (Å²) in [7, 11) is 0. The maximum Gasteiger partial charge on any atom is 0.163 e. The molecule has 0 heterocycles. The highest BCUT2D eigenvalue weighted by molar-refractivity contribution is 8.18. The van der Waals surface area contributed by atoms with E-state index in [2.05, 4.69) is 26.0 Å². The van der Waals surface area contributed by atoms with Crippen molar-refractivity contribution in [3.63, 3.8) is 0 Å². The van der Waals surface area contributed by atoms with Gasteiger partial charge >= 0.3 is 0 Å². The molecular weight excluding hydrogens is 444 g/mol. The van der Waals surface area contributed by atoms with Gasteiger partial charge in [0.15, 0.2) is 11.6 Å². The molecule has 168 valence electrons. The summed E-state index contributed by atoms with van der Waals surface area (Å²) in [6.45, 7) is 4.34. The number of rotatable bonds is 10. The van der Waals surface area contributed by atoms with Crippen molar-refractivity contribution in [1.82, 2.24) is 0 Å². The third-order valence-electron chi connectivity index (χ3n) is 5.70. The Kier molecular flexibility index (Phi) is 7.56. The molecule has 0 spiro atoms. The Morgan fingerprint density at radius 3 is 1.42 bits per heavy atom. The topological polar surface area (TPSA) is 34.1 Å². The third-order valence-corrected chi connectivity index (χ3v) is 8.61. The summed E-state index contributed by atoms with van der Waals surface area (Å²) in [5, 5.41) is 4.50. The molecule has 0 aliphatic rings. The number of hydrogen-bond acceptors (Lipinski definition) is 4. The van der Waals surface area contributed by atoms with E-state index in [0.717, 1.165) is 44.2 Å². The van der Waals surface area contributed by atoms with Crippen LogP contribution < -0.4 is 0 Å². The van der Waals surface area contributed by atoms with Crippen molar-refractivity contribution in [3.05, 3.63) is 96.1 Å². The fourth-order valence-corrected chi connectivity index (χ4v) is 6.23. The summed E-state index contributed by atoms with van der Waals surface area (Å²) in [5.74, 6) is 1.90. The largest absolute Gasteiger partial charge is 0.294 e. The van der Waals surface area contributed by atoms with Crippen LogP contribution in [0.5, 0.6) is 0 Å². The number of fused-ring (bicyclic) bond motifs is 2. The predicted molar refractivity (Wildman–Crippen MR) is 145 cm³/mol. The number of benzene rings is 4. The van der Waals surface area contributed by atoms with Gasteiger partial charge in [-0.3, -0.25) is 9.59 Å². The summed E-state index contributed by atoms with van der Waals surface area (Å²) >= 11 is 3.57. The molecule has 33 heavy (non-hydrogen) atoms. The number of hydrogen-bond donors (Lipinski definition) is 0. The van der Waals surface area contributed by atoms with Crippen LogP contribution in [-0.2, 0) is 0 Å². The second kappa shape index (κ2) is 10.6. The summed E-state index contributed by atoms with van der Waals surface area (Å²) in [6, 6.07) is 28.1. The Morgan fingerprint density at radius 2 is 1.00 bits per heavy atom. The lowest BCUT2D eigenvalue weighted by atomic mass is 10.0. The number of carbonyl (C=O) groups excluding carboxylic acids is 2. The molecule has 4 rings (SSSR count). The molecule has 0 atom stereocenters. The second-order valence-electron chi connectivity index (χ2n) is 8.57. The molecule has 0 saturated carbocycles. The molecule has 4 aromatic carbocycles. The van der Waals surface area contributed by atoms with Crippen LogP contribution in [0.3, 0.4) is 0 Å². The van der Waals surface area contributed by atoms with Gasteiger partial charge in [0.1, 0.15) is 0 Å². The summed E-state index contributed by atoms with van der Waals surface area (Å²) in [6.07, 6.45) is 1.03. The Labute approximate surface area is 204 Å². The maximum atomic E-state index is 12.7. The van der Waals surface area contributed by atoms with E-state index in [4.69, 9.17) is 0 Å². The molecule has 4 heteroatoms. The van der Waals surface area contributed by atoms with Gasteiger partial charge in [0.25, 0.3) is 0 Å². The van der Waals surface area contributed by atoms with E-state index in [1.807, 2.05) is 72.8 Å². The van der Waals surface area contributed by atoms with Crippen molar-refractivity contribution >= 4 is 56.6 Å². The Balaban J connectivity index is 1.23. The molecule has 4 aromatic rings. The van der Waals surface area contributed by atoms with Crippen LogP contribution in [0.1, 0.15) is 47.4 Å². The molecule has 0 amide bonds. The van der Waals surface area contributed by atoms with Crippen LogP contribution >= 0.6 is 23.5 Å². The summed E-state index contributed by atoms with van der Waals surface area (Å²) in [5.41, 5.74) is 1.56. The quantitative estimate of drug-likeness (QED) is 0.173. The average Bonchev–Trinajstić information content (AvgIpc) is 2.83. The van der Waals surface area contributed by atoms with Crippen molar-refractivity contribution < 1.29 is 9.59 Å². The van der Waals surface area contributed by atoms with E-state index in [-0.39, 0.29) is 15.6 Å². The summed E-state index contributed by atoms with van der Waals surface area (Å²) < 4.78 is -0.0483. The first-order chi connectivity index (χ1) is 15.9. The molecule has 0 aromatic heterocycles. The van der Waals surface area contributed by atoms with E-state index in [0.29, 0.717) is 12.8 Å². The lowest BCUT2D eigenvalue weighted by Crippen LogP contribution is -2.13. The van der Waals surface area contributed by atoms with Crippen molar-refractivity contribution in [3.8, 4) is 0 Å². The molecule has 0 N–H and O–H groups in total. The molecule has 2 nitrogen and oxygen atoms in total. The first-order valence-electron chi connectivity index (χ1n) is 11.2. The lowest BCUT2D eigenvalue weighted by Gasteiger charge is -2.23. The molecule has 0 aliphatic carbocycles. The van der Waals surface area contributed by atoms with Crippen molar-refractivity contribution in [1.29, 1.82) is 0 Å². The van der Waals surface area contributed by atoms with E-state index < -0.39 is 0 Å². The number of thioether (sulfide) groups is 2. The highest BCUT2D eigenvalue weighted by Crippen LogP contribution is 2.37. The van der Waals surface area contributed by atoms with Crippen molar-refractivity contribution in [2.24, 2.45) is 0 Å². The van der Waals surface area contributed by atoms with E-state index in [1.165, 1.54) is 0 Å². The van der Waals surface area contributed by atoms with Crippen LogP contribution in [0.15, 0.2) is 84.9 Å². The van der Waals surface area contributed by atoms with E-state index >= 15 is 0 Å². The van der Waals surface area contributed by atoms with Gasteiger partial charge in [0, 0.05) is 35.5 Å². The van der Waals surface area contributed by atoms with E-state index in [9.17, 15) is 9.59 Å². The van der Waals surface area contributed by atoms with Gasteiger partial charge in [0.05, 0.1) is 4.08 Å². The zero-order valence-electron chi connectivity index (χ0n) is 19.0. The van der Waals surface area contributed by atoms with Gasteiger partial charge in [-0.1, -0.05) is 72.8 Å². The highest BCUT2D eigenvalue weighted by Gasteiger charge is 2.20. The lowest BCUT2D eigenvalue weighted by molar-refractivity contribution is 0.0982. The third kappa shape index (κ3) is 6.27. The normalized spacial score (nSPS) is 11.7. The predicted octanol–water partition coefficient (Wildman–Crippen LogP) is 8.04. The molecule has 0 bridgehead atoms. The molecule has 0 fully saturated rings. The number of ketones is 2. The van der Waals surface area contributed by atoms with Crippen molar-refractivity contribution in [2.75, 3.05) is 11.5 Å². The van der Waals surface area contributed by atoms with Gasteiger partial charge in [-0.2, -0.15) is 0 Å². The first kappa shape index (κ1) is 23.6.